The van der Waals surface area contributed by atoms with Crippen LogP contribution in [0.15, 0.2) is 22.7 Å². The molecule has 0 aromatic heterocycles. The number of hydrogen-bond acceptors (Lipinski definition) is 2. The van der Waals surface area contributed by atoms with Gasteiger partial charge in [-0.2, -0.15) is 0 Å². The van der Waals surface area contributed by atoms with E-state index in [1.54, 1.807) is 6.07 Å². The maximum Gasteiger partial charge on any atom is 0.254 e. The van der Waals surface area contributed by atoms with Crippen molar-refractivity contribution in [3.63, 3.8) is 0 Å². The molecule has 3 N–H and O–H groups in total. The van der Waals surface area contributed by atoms with Gasteiger partial charge in [-0.05, 0) is 37.0 Å². The van der Waals surface area contributed by atoms with Crippen LogP contribution in [0.5, 0.6) is 0 Å². The molecule has 0 bridgehead atoms. The monoisotopic (exact) mass is 378 g/mol. The summed E-state index contributed by atoms with van der Waals surface area (Å²) in [5.74, 6) is -0.483. The molecule has 1 saturated carbocycles. The lowest BCUT2D eigenvalue weighted by molar-refractivity contribution is 0.0911. The highest BCUT2D eigenvalue weighted by Crippen LogP contribution is 2.26. The number of hydrogen-bond donors (Lipinski definition) is 2. The van der Waals surface area contributed by atoms with Crippen LogP contribution in [-0.4, -0.2) is 18.5 Å². The van der Waals surface area contributed by atoms with E-state index in [9.17, 15) is 9.18 Å². The first-order valence-electron chi connectivity index (χ1n) is 7.08. The summed E-state index contributed by atoms with van der Waals surface area (Å²) in [6.45, 7) is 0.397. The third-order valence-corrected chi connectivity index (χ3v) is 4.46. The summed E-state index contributed by atoms with van der Waals surface area (Å²) in [6.07, 6.45) is 5.80. The predicted molar refractivity (Wildman–Crippen MR) is 88.2 cm³/mol. The van der Waals surface area contributed by atoms with Crippen LogP contribution in [-0.2, 0) is 0 Å². The summed E-state index contributed by atoms with van der Waals surface area (Å²) in [5.41, 5.74) is 5.85. The molecule has 3 nitrogen and oxygen atoms in total. The minimum Gasteiger partial charge on any atom is -0.348 e. The van der Waals surface area contributed by atoms with Gasteiger partial charge in [0.1, 0.15) is 5.82 Å². The van der Waals surface area contributed by atoms with Crippen LogP contribution in [0.1, 0.15) is 42.5 Å². The van der Waals surface area contributed by atoms with E-state index in [2.05, 4.69) is 21.2 Å². The van der Waals surface area contributed by atoms with E-state index in [0.29, 0.717) is 16.9 Å². The van der Waals surface area contributed by atoms with Gasteiger partial charge in [-0.15, -0.1) is 12.4 Å². The molecule has 0 saturated heterocycles. The topological polar surface area (TPSA) is 55.1 Å². The van der Waals surface area contributed by atoms with Gasteiger partial charge in [0.2, 0.25) is 0 Å². The molecule has 21 heavy (non-hydrogen) atoms. The van der Waals surface area contributed by atoms with E-state index >= 15 is 0 Å². The first kappa shape index (κ1) is 18.4. The van der Waals surface area contributed by atoms with Crippen molar-refractivity contribution in [2.24, 2.45) is 11.7 Å². The van der Waals surface area contributed by atoms with Gasteiger partial charge >= 0.3 is 0 Å². The lowest BCUT2D eigenvalue weighted by Crippen LogP contribution is -2.46. The van der Waals surface area contributed by atoms with Crippen molar-refractivity contribution in [1.82, 2.24) is 5.32 Å². The average Bonchev–Trinajstić information content (AvgIpc) is 2.45. The first-order chi connectivity index (χ1) is 9.61. The molecular formula is C15H21BrClFN2O. The quantitative estimate of drug-likeness (QED) is 0.839. The second-order valence-electron chi connectivity index (χ2n) is 5.34. The third kappa shape index (κ3) is 4.94. The number of nitrogens with two attached hydrogens (primary N) is 1. The minimum absolute atomic E-state index is 0. The van der Waals surface area contributed by atoms with Crippen molar-refractivity contribution in [3.8, 4) is 0 Å². The SMILES string of the molecule is Cl.NCC(NC(=O)c1ccc(Br)cc1F)C1CCCCC1. The molecule has 0 radical (unpaired) electrons. The number of benzene rings is 1. The Morgan fingerprint density at radius 1 is 1.38 bits per heavy atom. The molecule has 1 aromatic rings. The number of amides is 1. The first-order valence-corrected chi connectivity index (χ1v) is 7.87. The third-order valence-electron chi connectivity index (χ3n) is 3.97. The van der Waals surface area contributed by atoms with Crippen LogP contribution in [0.4, 0.5) is 4.39 Å². The number of carbonyl (C=O) groups is 1. The van der Waals surface area contributed by atoms with Crippen molar-refractivity contribution < 1.29 is 9.18 Å². The Balaban J connectivity index is 0.00000220. The Hall–Kier alpha value is -0.650. The molecule has 0 heterocycles. The largest absolute Gasteiger partial charge is 0.348 e. The molecule has 1 unspecified atom stereocenters. The Labute approximate surface area is 139 Å². The molecule has 0 spiro atoms. The molecule has 1 amide bonds. The van der Waals surface area contributed by atoms with Gasteiger partial charge in [0.05, 0.1) is 5.56 Å². The zero-order chi connectivity index (χ0) is 14.5. The summed E-state index contributed by atoms with van der Waals surface area (Å²) in [6, 6.07) is 4.39. The van der Waals surface area contributed by atoms with Gasteiger partial charge in [-0.25, -0.2) is 4.39 Å². The smallest absolute Gasteiger partial charge is 0.254 e. The van der Waals surface area contributed by atoms with Crippen LogP contribution in [0.2, 0.25) is 0 Å². The van der Waals surface area contributed by atoms with E-state index in [-0.39, 0.29) is 29.9 Å². The van der Waals surface area contributed by atoms with Crippen molar-refractivity contribution in [2.75, 3.05) is 6.54 Å². The molecule has 1 fully saturated rings. The van der Waals surface area contributed by atoms with E-state index in [4.69, 9.17) is 5.73 Å². The fraction of sp³-hybridized carbons (Fsp3) is 0.533. The molecule has 1 aliphatic carbocycles. The Morgan fingerprint density at radius 2 is 2.05 bits per heavy atom. The summed E-state index contributed by atoms with van der Waals surface area (Å²) in [4.78, 5) is 12.2. The summed E-state index contributed by atoms with van der Waals surface area (Å²) >= 11 is 3.18. The molecule has 1 atom stereocenters. The van der Waals surface area contributed by atoms with E-state index < -0.39 is 5.82 Å². The number of nitrogens with one attached hydrogen (secondary N) is 1. The van der Waals surface area contributed by atoms with Crippen LogP contribution in [0.3, 0.4) is 0 Å². The van der Waals surface area contributed by atoms with Crippen LogP contribution in [0.25, 0.3) is 0 Å². The Morgan fingerprint density at radius 3 is 2.62 bits per heavy atom. The molecule has 0 aliphatic heterocycles. The fourth-order valence-electron chi connectivity index (χ4n) is 2.83. The predicted octanol–water partition coefficient (Wildman–Crippen LogP) is 3.65. The van der Waals surface area contributed by atoms with Gasteiger partial charge in [0.15, 0.2) is 0 Å². The highest BCUT2D eigenvalue weighted by molar-refractivity contribution is 9.10. The summed E-state index contributed by atoms with van der Waals surface area (Å²) in [5, 5.41) is 2.89. The molecule has 1 aromatic carbocycles. The number of carbonyl (C=O) groups excluding carboxylic acids is 1. The number of rotatable bonds is 4. The lowest BCUT2D eigenvalue weighted by atomic mass is 9.84. The minimum atomic E-state index is -0.517. The van der Waals surface area contributed by atoms with E-state index in [1.165, 1.54) is 31.4 Å². The van der Waals surface area contributed by atoms with Gasteiger partial charge in [-0.3, -0.25) is 4.79 Å². The van der Waals surface area contributed by atoms with E-state index in [1.807, 2.05) is 0 Å². The average molecular weight is 380 g/mol. The van der Waals surface area contributed by atoms with Gasteiger partial charge in [-0.1, -0.05) is 35.2 Å². The van der Waals surface area contributed by atoms with Crippen molar-refractivity contribution in [3.05, 3.63) is 34.1 Å². The second-order valence-corrected chi connectivity index (χ2v) is 6.25. The molecular weight excluding hydrogens is 359 g/mol. The maximum atomic E-state index is 13.8. The summed E-state index contributed by atoms with van der Waals surface area (Å²) < 4.78 is 14.4. The molecule has 118 valence electrons. The zero-order valence-electron chi connectivity index (χ0n) is 11.8. The normalized spacial score (nSPS) is 16.9. The van der Waals surface area contributed by atoms with Crippen LogP contribution in [0, 0.1) is 11.7 Å². The van der Waals surface area contributed by atoms with Crippen molar-refractivity contribution in [2.45, 2.75) is 38.1 Å². The number of halogens is 3. The van der Waals surface area contributed by atoms with E-state index in [0.717, 1.165) is 12.8 Å². The van der Waals surface area contributed by atoms with Crippen LogP contribution >= 0.6 is 28.3 Å². The maximum absolute atomic E-state index is 13.8. The highest BCUT2D eigenvalue weighted by atomic mass is 79.9. The molecule has 1 aliphatic rings. The highest BCUT2D eigenvalue weighted by Gasteiger charge is 2.25. The standard InChI is InChI=1S/C15H20BrFN2O.ClH/c16-11-6-7-12(13(17)8-11)15(20)19-14(9-18)10-4-2-1-3-5-10;/h6-8,10,14H,1-5,9,18H2,(H,19,20);1H. The second kappa shape index (κ2) is 8.71. The molecule has 2 rings (SSSR count). The van der Waals surface area contributed by atoms with Crippen molar-refractivity contribution in [1.29, 1.82) is 0 Å². The van der Waals surface area contributed by atoms with Crippen molar-refractivity contribution >= 4 is 34.2 Å². The Bertz CT molecular complexity index is 481. The fourth-order valence-corrected chi connectivity index (χ4v) is 3.16. The zero-order valence-corrected chi connectivity index (χ0v) is 14.2. The van der Waals surface area contributed by atoms with Gasteiger partial charge in [0.25, 0.3) is 5.91 Å². The van der Waals surface area contributed by atoms with Gasteiger partial charge < -0.3 is 11.1 Å². The lowest BCUT2D eigenvalue weighted by Gasteiger charge is -2.30. The van der Waals surface area contributed by atoms with Gasteiger partial charge in [0, 0.05) is 17.1 Å². The van der Waals surface area contributed by atoms with Crippen LogP contribution < -0.4 is 11.1 Å². The molecule has 6 heteroatoms. The Kier molecular flexibility index (Phi) is 7.63. The summed E-state index contributed by atoms with van der Waals surface area (Å²) in [7, 11) is 0.